The van der Waals surface area contributed by atoms with Gasteiger partial charge in [-0.2, -0.15) is 0 Å². The molecule has 0 saturated heterocycles. The highest BCUT2D eigenvalue weighted by molar-refractivity contribution is 6.17. The molecule has 0 fully saturated rings. The fourth-order valence-electron chi connectivity index (χ4n) is 4.37. The van der Waals surface area contributed by atoms with Crippen LogP contribution in [0.3, 0.4) is 0 Å². The Balaban J connectivity index is 1.76. The van der Waals surface area contributed by atoms with E-state index < -0.39 is 20.6 Å². The van der Waals surface area contributed by atoms with Gasteiger partial charge in [-0.3, -0.25) is 4.98 Å². The third kappa shape index (κ3) is 2.48. The molecule has 6 rings (SSSR count). The SMILES string of the molecule is [2H]C([2H])([2H])c1cc(-c2c(C)nc(C([2H])([2H])[2H])c3c2oc2cc4oc5ccccc5c4cc23)[n+](C)cc1C([2H])([2H])[2H]. The van der Waals surface area contributed by atoms with Crippen molar-refractivity contribution in [1.82, 2.24) is 4.98 Å². The molecule has 0 aliphatic heterocycles. The Morgan fingerprint density at radius 2 is 1.68 bits per heavy atom. The molecular formula is C27H23N2O2+. The van der Waals surface area contributed by atoms with E-state index in [2.05, 4.69) is 4.98 Å². The van der Waals surface area contributed by atoms with E-state index in [0.717, 1.165) is 10.8 Å². The third-order valence-electron chi connectivity index (χ3n) is 5.82. The predicted octanol–water partition coefficient (Wildman–Crippen LogP) is 6.61. The van der Waals surface area contributed by atoms with Crippen molar-refractivity contribution in [2.75, 3.05) is 0 Å². The molecule has 0 aliphatic rings. The Labute approximate surface area is 192 Å². The Kier molecular flexibility index (Phi) is 2.21. The highest BCUT2D eigenvalue weighted by Crippen LogP contribution is 2.41. The first-order valence-corrected chi connectivity index (χ1v) is 9.79. The Bertz CT molecular complexity index is 1990. The van der Waals surface area contributed by atoms with E-state index in [9.17, 15) is 0 Å². The Hall–Kier alpha value is -3.66. The summed E-state index contributed by atoms with van der Waals surface area (Å²) in [5, 5.41) is 2.44. The quantitative estimate of drug-likeness (QED) is 0.283. The summed E-state index contributed by atoms with van der Waals surface area (Å²) >= 11 is 0. The second-order valence-electron chi connectivity index (χ2n) is 7.77. The van der Waals surface area contributed by atoms with Crippen LogP contribution in [-0.4, -0.2) is 4.98 Å². The zero-order valence-electron chi connectivity index (χ0n) is 25.8. The predicted molar refractivity (Wildman–Crippen MR) is 124 cm³/mol. The maximum Gasteiger partial charge on any atom is 0.218 e. The van der Waals surface area contributed by atoms with Gasteiger partial charge in [-0.15, -0.1) is 0 Å². The van der Waals surface area contributed by atoms with E-state index in [1.54, 1.807) is 20.0 Å². The number of pyridine rings is 2. The van der Waals surface area contributed by atoms with Crippen LogP contribution in [0, 0.1) is 27.5 Å². The molecule has 4 nitrogen and oxygen atoms in total. The fraction of sp³-hybridized carbons (Fsp3) is 0.185. The van der Waals surface area contributed by atoms with E-state index in [-0.39, 0.29) is 27.8 Å². The van der Waals surface area contributed by atoms with E-state index in [4.69, 9.17) is 21.2 Å². The van der Waals surface area contributed by atoms with Gasteiger partial charge >= 0.3 is 0 Å². The summed E-state index contributed by atoms with van der Waals surface area (Å²) in [4.78, 5) is 4.49. The summed E-state index contributed by atoms with van der Waals surface area (Å²) in [6.45, 7) is -6.35. The van der Waals surface area contributed by atoms with Crippen LogP contribution >= 0.6 is 0 Å². The smallest absolute Gasteiger partial charge is 0.218 e. The Morgan fingerprint density at radius 3 is 2.52 bits per heavy atom. The average molecular weight is 417 g/mol. The minimum absolute atomic E-state index is 0.146. The van der Waals surface area contributed by atoms with Crippen LogP contribution in [0.2, 0.25) is 0 Å². The van der Waals surface area contributed by atoms with Crippen LogP contribution in [0.4, 0.5) is 0 Å². The highest BCUT2D eigenvalue weighted by Gasteiger charge is 2.24. The molecule has 0 unspecified atom stereocenters. The van der Waals surface area contributed by atoms with Gasteiger partial charge in [0.1, 0.15) is 29.4 Å². The van der Waals surface area contributed by atoms with Crippen LogP contribution in [0.5, 0.6) is 0 Å². The highest BCUT2D eigenvalue weighted by atomic mass is 16.3. The molecule has 0 saturated carbocycles. The number of benzene rings is 2. The first-order chi connectivity index (χ1) is 18.6. The summed E-state index contributed by atoms with van der Waals surface area (Å²) in [7, 11) is 1.60. The molecule has 0 atom stereocenters. The van der Waals surface area contributed by atoms with Gasteiger partial charge in [-0.1, -0.05) is 18.2 Å². The molecule has 0 bridgehead atoms. The van der Waals surface area contributed by atoms with Gasteiger partial charge in [0, 0.05) is 51.9 Å². The normalized spacial score (nSPS) is 17.5. The van der Waals surface area contributed by atoms with Crippen LogP contribution in [0.1, 0.15) is 34.9 Å². The van der Waals surface area contributed by atoms with Gasteiger partial charge in [0.05, 0.1) is 11.1 Å². The molecule has 0 radical (unpaired) electrons. The van der Waals surface area contributed by atoms with Gasteiger partial charge in [0.15, 0.2) is 11.8 Å². The van der Waals surface area contributed by atoms with Crippen LogP contribution in [-0.2, 0) is 7.05 Å². The first kappa shape index (κ1) is 11.1. The summed E-state index contributed by atoms with van der Waals surface area (Å²) in [6, 6.07) is 12.3. The average Bonchev–Trinajstić information content (AvgIpc) is 3.38. The van der Waals surface area contributed by atoms with Crippen molar-refractivity contribution in [3.05, 3.63) is 71.2 Å². The number of para-hydroxylation sites is 1. The summed E-state index contributed by atoms with van der Waals surface area (Å²) in [5.41, 5.74) is 2.03. The van der Waals surface area contributed by atoms with Gasteiger partial charge in [-0.05, 0) is 45.2 Å². The maximum atomic E-state index is 8.23. The summed E-state index contributed by atoms with van der Waals surface area (Å²) in [6.07, 6.45) is 1.27. The fourth-order valence-corrected chi connectivity index (χ4v) is 4.37. The molecule has 4 aromatic heterocycles. The van der Waals surface area contributed by atoms with Gasteiger partial charge in [0.25, 0.3) is 0 Å². The lowest BCUT2D eigenvalue weighted by atomic mass is 10.0. The molecular weight excluding hydrogens is 384 g/mol. The number of nitrogens with zero attached hydrogens (tertiary/aromatic N) is 2. The topological polar surface area (TPSA) is 43.1 Å². The number of furan rings is 2. The molecule has 0 aliphatic carbocycles. The maximum absolute atomic E-state index is 8.23. The largest absolute Gasteiger partial charge is 0.456 e. The monoisotopic (exact) mass is 416 g/mol. The van der Waals surface area contributed by atoms with Crippen LogP contribution < -0.4 is 4.57 Å². The van der Waals surface area contributed by atoms with Crippen molar-refractivity contribution in [2.24, 2.45) is 7.05 Å². The van der Waals surface area contributed by atoms with E-state index >= 15 is 0 Å². The molecule has 6 aromatic rings. The lowest BCUT2D eigenvalue weighted by Gasteiger charge is -2.08. The number of hydrogen-bond acceptors (Lipinski definition) is 3. The van der Waals surface area contributed by atoms with Crippen molar-refractivity contribution in [1.29, 1.82) is 0 Å². The summed E-state index contributed by atoms with van der Waals surface area (Å²) in [5.74, 6) is 0. The second kappa shape index (κ2) is 6.17. The number of aryl methyl sites for hydroxylation is 5. The first-order valence-electron chi connectivity index (χ1n) is 14.3. The number of rotatable bonds is 1. The molecule has 4 heterocycles. The number of fused-ring (bicyclic) bond motifs is 6. The van der Waals surface area contributed by atoms with Crippen molar-refractivity contribution in [3.8, 4) is 11.3 Å². The molecule has 4 heteroatoms. The van der Waals surface area contributed by atoms with Gasteiger partial charge < -0.3 is 8.83 Å². The molecule has 152 valence electrons. The van der Waals surface area contributed by atoms with Gasteiger partial charge in [-0.25, -0.2) is 4.57 Å². The molecule has 2 aromatic carbocycles. The van der Waals surface area contributed by atoms with E-state index in [0.29, 0.717) is 39.1 Å². The minimum Gasteiger partial charge on any atom is -0.456 e. The lowest BCUT2D eigenvalue weighted by Crippen LogP contribution is -2.31. The molecule has 0 N–H and O–H groups in total. The third-order valence-corrected chi connectivity index (χ3v) is 5.82. The molecule has 31 heavy (non-hydrogen) atoms. The molecule has 0 amide bonds. The number of hydrogen-bond donors (Lipinski definition) is 0. The Morgan fingerprint density at radius 1 is 0.839 bits per heavy atom. The van der Waals surface area contributed by atoms with Crippen molar-refractivity contribution in [2.45, 2.75) is 27.5 Å². The second-order valence-corrected chi connectivity index (χ2v) is 7.77. The minimum atomic E-state index is -2.72. The standard InChI is InChI=1S/C27H23N2O2/c1-14-10-21(29(5)13-15(14)2)26-17(4)28-16(3)25-20-11-19-18-8-6-7-9-22(18)30-23(19)12-24(20)31-27(25)26/h6-13H,1-5H3/q+1/i1D3,2D3,3D3. The molecule has 0 spiro atoms. The van der Waals surface area contributed by atoms with Crippen molar-refractivity contribution < 1.29 is 25.7 Å². The van der Waals surface area contributed by atoms with E-state index in [1.807, 2.05) is 30.3 Å². The van der Waals surface area contributed by atoms with E-state index in [1.165, 1.54) is 16.8 Å². The van der Waals surface area contributed by atoms with Crippen LogP contribution in [0.15, 0.2) is 57.5 Å². The summed E-state index contributed by atoms with van der Waals surface area (Å²) < 4.78 is 86.3. The lowest BCUT2D eigenvalue weighted by molar-refractivity contribution is -0.660. The van der Waals surface area contributed by atoms with Crippen molar-refractivity contribution in [3.63, 3.8) is 0 Å². The van der Waals surface area contributed by atoms with Crippen molar-refractivity contribution >= 4 is 43.9 Å². The number of aromatic nitrogens is 2. The zero-order chi connectivity index (χ0) is 28.9. The van der Waals surface area contributed by atoms with Crippen LogP contribution in [0.25, 0.3) is 55.1 Å². The zero-order valence-corrected chi connectivity index (χ0v) is 16.8. The van der Waals surface area contributed by atoms with Gasteiger partial charge in [0.2, 0.25) is 5.69 Å².